The molecule has 0 aliphatic heterocycles. The smallest absolute Gasteiger partial charge is 0.225 e. The summed E-state index contributed by atoms with van der Waals surface area (Å²) in [6, 6.07) is 7.97. The van der Waals surface area contributed by atoms with Crippen LogP contribution in [0.15, 0.2) is 65.1 Å². The number of allylic oxidation sites excluding steroid dienone is 5. The van der Waals surface area contributed by atoms with Gasteiger partial charge in [-0.3, -0.25) is 9.59 Å². The number of Topliss-reactive ketones (excluding diaryl/α,β-unsaturated/α-hetero) is 1. The van der Waals surface area contributed by atoms with Gasteiger partial charge < -0.3 is 9.72 Å². The van der Waals surface area contributed by atoms with Gasteiger partial charge in [0.15, 0.2) is 11.5 Å². The fraction of sp³-hybridized carbons (Fsp3) is 0.200. The number of carbonyl (C=O) groups is 2. The highest BCUT2D eigenvalue weighted by atomic mass is 16.5. The Balaban J connectivity index is 1.92. The summed E-state index contributed by atoms with van der Waals surface area (Å²) < 4.78 is 5.13. The van der Waals surface area contributed by atoms with Crippen molar-refractivity contribution in [1.82, 2.24) is 4.98 Å². The number of carbonyl (C=O) groups excluding carboxylic acids is 2. The second-order valence-electron chi connectivity index (χ2n) is 6.26. The topological polar surface area (TPSA) is 59.2 Å². The zero-order valence-electron chi connectivity index (χ0n) is 13.6. The Kier molecular flexibility index (Phi) is 3.27. The van der Waals surface area contributed by atoms with Gasteiger partial charge >= 0.3 is 0 Å². The van der Waals surface area contributed by atoms with Crippen LogP contribution in [0.2, 0.25) is 0 Å². The van der Waals surface area contributed by atoms with E-state index in [1.165, 1.54) is 13.2 Å². The van der Waals surface area contributed by atoms with Gasteiger partial charge in [-0.05, 0) is 25.0 Å². The molecular weight excluding hydrogens is 302 g/mol. The van der Waals surface area contributed by atoms with Crippen molar-refractivity contribution in [3.8, 4) is 0 Å². The van der Waals surface area contributed by atoms with Gasteiger partial charge in [0, 0.05) is 40.2 Å². The number of ether oxygens (including phenoxy) is 1. The average molecular weight is 319 g/mol. The second kappa shape index (κ2) is 5.34. The lowest BCUT2D eigenvalue weighted by Gasteiger charge is -2.28. The first-order valence-electron chi connectivity index (χ1n) is 7.91. The highest BCUT2D eigenvalue weighted by molar-refractivity contribution is 6.23. The number of hydrogen-bond acceptors (Lipinski definition) is 3. The molecule has 4 heteroatoms. The summed E-state index contributed by atoms with van der Waals surface area (Å²) in [6.07, 6.45) is 5.84. The molecule has 4 rings (SSSR count). The van der Waals surface area contributed by atoms with E-state index in [0.717, 1.165) is 22.0 Å². The maximum atomic E-state index is 12.8. The molecule has 2 aliphatic rings. The zero-order chi connectivity index (χ0) is 16.8. The number of benzene rings is 1. The van der Waals surface area contributed by atoms with Crippen molar-refractivity contribution < 1.29 is 14.3 Å². The standard InChI is InChI=1S/C20H17NO3/c1-11-7-13(15-10-21-16-6-4-3-5-12(15)16)19-14(8-11)17(22)9-18(24-2)20(19)23/h3-7,9-10,13,21H,8H2,1-2H3. The molecule has 1 unspecified atom stereocenters. The molecule has 1 aromatic heterocycles. The third-order valence-corrected chi connectivity index (χ3v) is 4.75. The van der Waals surface area contributed by atoms with E-state index in [1.54, 1.807) is 0 Å². The van der Waals surface area contributed by atoms with Crippen molar-refractivity contribution in [2.24, 2.45) is 0 Å². The molecule has 0 fully saturated rings. The van der Waals surface area contributed by atoms with Crippen molar-refractivity contribution in [1.29, 1.82) is 0 Å². The highest BCUT2D eigenvalue weighted by Crippen LogP contribution is 2.42. The molecule has 1 heterocycles. The number of para-hydroxylation sites is 1. The molecule has 24 heavy (non-hydrogen) atoms. The summed E-state index contributed by atoms with van der Waals surface area (Å²) in [6.45, 7) is 2.00. The van der Waals surface area contributed by atoms with Crippen LogP contribution < -0.4 is 0 Å². The minimum Gasteiger partial charge on any atom is -0.493 e. The van der Waals surface area contributed by atoms with E-state index >= 15 is 0 Å². The Bertz CT molecular complexity index is 972. The second-order valence-corrected chi connectivity index (χ2v) is 6.26. The molecule has 1 aromatic carbocycles. The Labute approximate surface area is 139 Å². The van der Waals surface area contributed by atoms with Gasteiger partial charge in [0.2, 0.25) is 5.78 Å². The summed E-state index contributed by atoms with van der Waals surface area (Å²) >= 11 is 0. The third-order valence-electron chi connectivity index (χ3n) is 4.75. The van der Waals surface area contributed by atoms with E-state index in [2.05, 4.69) is 11.1 Å². The van der Waals surface area contributed by atoms with Crippen molar-refractivity contribution in [3.63, 3.8) is 0 Å². The molecule has 0 saturated heterocycles. The predicted octanol–water partition coefficient (Wildman–Crippen LogP) is 3.58. The van der Waals surface area contributed by atoms with Crippen LogP contribution >= 0.6 is 0 Å². The summed E-state index contributed by atoms with van der Waals surface area (Å²) in [5, 5.41) is 1.06. The number of H-pyrrole nitrogens is 1. The normalized spacial score (nSPS) is 20.8. The number of hydrogen-bond donors (Lipinski definition) is 1. The molecule has 0 spiro atoms. The minimum absolute atomic E-state index is 0.122. The molecule has 2 aromatic rings. The SMILES string of the molecule is COC1=CC(=O)C2=C(C1=O)C(c1c[nH]c3ccccc13)C=C(C)C2. The maximum Gasteiger partial charge on any atom is 0.225 e. The number of methoxy groups -OCH3 is 1. The van der Waals surface area contributed by atoms with Gasteiger partial charge in [0.05, 0.1) is 7.11 Å². The van der Waals surface area contributed by atoms with E-state index in [1.807, 2.05) is 37.4 Å². The van der Waals surface area contributed by atoms with Gasteiger partial charge in [-0.1, -0.05) is 29.8 Å². The summed E-state index contributed by atoms with van der Waals surface area (Å²) in [4.78, 5) is 28.6. The van der Waals surface area contributed by atoms with Crippen LogP contribution in [-0.2, 0) is 14.3 Å². The van der Waals surface area contributed by atoms with Crippen molar-refractivity contribution in [3.05, 3.63) is 70.7 Å². The van der Waals surface area contributed by atoms with Crippen LogP contribution in [0.3, 0.4) is 0 Å². The number of fused-ring (bicyclic) bond motifs is 1. The summed E-state index contributed by atoms with van der Waals surface area (Å²) in [7, 11) is 1.42. The van der Waals surface area contributed by atoms with Crippen LogP contribution in [0.1, 0.15) is 24.8 Å². The van der Waals surface area contributed by atoms with Crippen LogP contribution in [0.5, 0.6) is 0 Å². The van der Waals surface area contributed by atoms with Gasteiger partial charge in [-0.25, -0.2) is 0 Å². The largest absolute Gasteiger partial charge is 0.493 e. The molecule has 1 N–H and O–H groups in total. The molecule has 4 nitrogen and oxygen atoms in total. The first-order chi connectivity index (χ1) is 11.6. The van der Waals surface area contributed by atoms with E-state index in [0.29, 0.717) is 17.6 Å². The molecular formula is C20H17NO3. The van der Waals surface area contributed by atoms with Gasteiger partial charge in [-0.15, -0.1) is 0 Å². The highest BCUT2D eigenvalue weighted by Gasteiger charge is 2.37. The maximum absolute atomic E-state index is 12.8. The fourth-order valence-electron chi connectivity index (χ4n) is 3.64. The molecule has 0 bridgehead atoms. The van der Waals surface area contributed by atoms with E-state index < -0.39 is 0 Å². The van der Waals surface area contributed by atoms with E-state index in [-0.39, 0.29) is 23.2 Å². The van der Waals surface area contributed by atoms with Crippen LogP contribution in [0.4, 0.5) is 0 Å². The molecule has 1 atom stereocenters. The van der Waals surface area contributed by atoms with Gasteiger partial charge in [0.25, 0.3) is 0 Å². The first-order valence-corrected chi connectivity index (χ1v) is 7.91. The molecule has 120 valence electrons. The summed E-state index contributed by atoms with van der Waals surface area (Å²) in [5.74, 6) is -0.429. The number of nitrogens with one attached hydrogen (secondary N) is 1. The number of aromatic amines is 1. The quantitative estimate of drug-likeness (QED) is 0.680. The number of aromatic nitrogens is 1. The lowest BCUT2D eigenvalue weighted by atomic mass is 9.75. The minimum atomic E-state index is -0.236. The number of rotatable bonds is 2. The molecule has 0 radical (unpaired) electrons. The van der Waals surface area contributed by atoms with Crippen LogP contribution in [0.25, 0.3) is 10.9 Å². The molecule has 0 amide bonds. The lowest BCUT2D eigenvalue weighted by molar-refractivity contribution is -0.118. The average Bonchev–Trinajstić information content (AvgIpc) is 3.01. The van der Waals surface area contributed by atoms with Crippen LogP contribution in [0, 0.1) is 0 Å². The van der Waals surface area contributed by atoms with Gasteiger partial charge in [-0.2, -0.15) is 0 Å². The number of ketones is 2. The lowest BCUT2D eigenvalue weighted by Crippen LogP contribution is -2.26. The first kappa shape index (κ1) is 14.7. The Morgan fingerprint density at radius 3 is 2.79 bits per heavy atom. The Morgan fingerprint density at radius 1 is 1.21 bits per heavy atom. The monoisotopic (exact) mass is 319 g/mol. The van der Waals surface area contributed by atoms with E-state index in [4.69, 9.17) is 4.74 Å². The molecule has 0 saturated carbocycles. The van der Waals surface area contributed by atoms with Crippen molar-refractivity contribution in [2.45, 2.75) is 19.3 Å². The molecule has 2 aliphatic carbocycles. The zero-order valence-corrected chi connectivity index (χ0v) is 13.6. The Morgan fingerprint density at radius 2 is 2.00 bits per heavy atom. The van der Waals surface area contributed by atoms with Crippen molar-refractivity contribution >= 4 is 22.5 Å². The van der Waals surface area contributed by atoms with Gasteiger partial charge in [0.1, 0.15) is 0 Å². The van der Waals surface area contributed by atoms with Crippen LogP contribution in [-0.4, -0.2) is 23.7 Å². The predicted molar refractivity (Wildman–Crippen MR) is 91.5 cm³/mol. The van der Waals surface area contributed by atoms with Crippen molar-refractivity contribution in [2.75, 3.05) is 7.11 Å². The fourth-order valence-corrected chi connectivity index (χ4v) is 3.64. The Hall–Kier alpha value is -2.88. The third kappa shape index (κ3) is 2.07. The van der Waals surface area contributed by atoms with E-state index in [9.17, 15) is 9.59 Å². The summed E-state index contributed by atoms with van der Waals surface area (Å²) in [5.41, 5.74) is 4.27.